The number of aromatic nitrogens is 2. The third kappa shape index (κ3) is 3.64. The highest BCUT2D eigenvalue weighted by molar-refractivity contribution is 9.10. The second-order valence-electron chi connectivity index (χ2n) is 4.90. The topological polar surface area (TPSA) is 65.1 Å². The molecule has 21 heavy (non-hydrogen) atoms. The van der Waals surface area contributed by atoms with Crippen molar-refractivity contribution in [1.29, 1.82) is 0 Å². The Balaban J connectivity index is 2.31. The molecule has 0 aliphatic heterocycles. The van der Waals surface area contributed by atoms with Gasteiger partial charge in [0.05, 0.1) is 18.8 Å². The molecule has 0 amide bonds. The van der Waals surface area contributed by atoms with Crippen LogP contribution in [0.2, 0.25) is 0 Å². The van der Waals surface area contributed by atoms with Crippen molar-refractivity contribution in [2.75, 3.05) is 7.11 Å². The van der Waals surface area contributed by atoms with E-state index >= 15 is 0 Å². The number of aryl methyl sites for hydroxylation is 2. The molecule has 3 N–H and O–H groups in total. The van der Waals surface area contributed by atoms with E-state index in [0.717, 1.165) is 40.1 Å². The van der Waals surface area contributed by atoms with Crippen LogP contribution in [0.25, 0.3) is 0 Å². The second kappa shape index (κ2) is 7.06. The first-order chi connectivity index (χ1) is 10.1. The van der Waals surface area contributed by atoms with Crippen LogP contribution in [0, 0.1) is 6.92 Å². The molecule has 1 aromatic carbocycles. The molecule has 0 aliphatic rings. The minimum absolute atomic E-state index is 0.0329. The van der Waals surface area contributed by atoms with Crippen LogP contribution < -0.4 is 16.0 Å². The van der Waals surface area contributed by atoms with Crippen LogP contribution in [0.1, 0.15) is 29.9 Å². The number of rotatable bonds is 6. The lowest BCUT2D eigenvalue weighted by atomic mass is 10.0. The Kier molecular flexibility index (Phi) is 5.39. The van der Waals surface area contributed by atoms with Gasteiger partial charge in [0.2, 0.25) is 0 Å². The van der Waals surface area contributed by atoms with Gasteiger partial charge in [-0.2, -0.15) is 5.10 Å². The number of ether oxygens (including phenoxy) is 1. The van der Waals surface area contributed by atoms with Gasteiger partial charge < -0.3 is 4.74 Å². The maximum Gasteiger partial charge on any atom is 0.124 e. The Morgan fingerprint density at radius 1 is 1.43 bits per heavy atom. The van der Waals surface area contributed by atoms with Gasteiger partial charge in [-0.05, 0) is 32.0 Å². The van der Waals surface area contributed by atoms with Crippen molar-refractivity contribution in [2.45, 2.75) is 32.9 Å². The molecular formula is C15H21BrN4O. The third-order valence-electron chi connectivity index (χ3n) is 3.47. The highest BCUT2D eigenvalue weighted by Crippen LogP contribution is 2.30. The summed E-state index contributed by atoms with van der Waals surface area (Å²) in [5.41, 5.74) is 6.09. The van der Waals surface area contributed by atoms with Crippen molar-refractivity contribution in [2.24, 2.45) is 5.84 Å². The number of nitrogens with two attached hydrogens (primary N) is 1. The predicted molar refractivity (Wildman–Crippen MR) is 87.1 cm³/mol. The fourth-order valence-corrected chi connectivity index (χ4v) is 2.82. The van der Waals surface area contributed by atoms with E-state index in [-0.39, 0.29) is 6.04 Å². The summed E-state index contributed by atoms with van der Waals surface area (Å²) in [6.07, 6.45) is 0.753. The van der Waals surface area contributed by atoms with Gasteiger partial charge in [-0.3, -0.25) is 16.0 Å². The van der Waals surface area contributed by atoms with Crippen LogP contribution in [-0.2, 0) is 13.0 Å². The first-order valence-corrected chi connectivity index (χ1v) is 7.71. The molecule has 2 rings (SSSR count). The number of hydrazine groups is 1. The van der Waals surface area contributed by atoms with Crippen molar-refractivity contribution >= 4 is 15.9 Å². The SMILES string of the molecule is CCn1nc(C)cc1CC(NN)c1ccc(Br)cc1OC. The zero-order chi connectivity index (χ0) is 15.4. The van der Waals surface area contributed by atoms with Crippen LogP contribution in [-0.4, -0.2) is 16.9 Å². The average molecular weight is 353 g/mol. The van der Waals surface area contributed by atoms with E-state index in [2.05, 4.69) is 39.4 Å². The molecule has 0 spiro atoms. The quantitative estimate of drug-likeness (QED) is 0.619. The summed E-state index contributed by atoms with van der Waals surface area (Å²) in [5.74, 6) is 6.58. The zero-order valence-corrected chi connectivity index (χ0v) is 14.1. The minimum Gasteiger partial charge on any atom is -0.496 e. The van der Waals surface area contributed by atoms with Gasteiger partial charge in [0, 0.05) is 28.7 Å². The van der Waals surface area contributed by atoms with Crippen LogP contribution >= 0.6 is 15.9 Å². The molecule has 6 heteroatoms. The van der Waals surface area contributed by atoms with Gasteiger partial charge in [-0.1, -0.05) is 22.0 Å². The number of hydrogen-bond donors (Lipinski definition) is 2. The van der Waals surface area contributed by atoms with Gasteiger partial charge in [0.25, 0.3) is 0 Å². The Morgan fingerprint density at radius 3 is 2.81 bits per heavy atom. The van der Waals surface area contributed by atoms with Crippen molar-refractivity contribution < 1.29 is 4.74 Å². The molecule has 1 atom stereocenters. The minimum atomic E-state index is -0.0329. The molecule has 1 heterocycles. The number of methoxy groups -OCH3 is 1. The number of nitrogens with one attached hydrogen (secondary N) is 1. The van der Waals surface area contributed by atoms with Gasteiger partial charge >= 0.3 is 0 Å². The molecule has 0 saturated carbocycles. The number of hydrogen-bond acceptors (Lipinski definition) is 4. The fraction of sp³-hybridized carbons (Fsp3) is 0.400. The Bertz CT molecular complexity index is 612. The molecule has 0 radical (unpaired) electrons. The van der Waals surface area contributed by atoms with Gasteiger partial charge in [0.15, 0.2) is 0 Å². The summed E-state index contributed by atoms with van der Waals surface area (Å²) >= 11 is 3.46. The third-order valence-corrected chi connectivity index (χ3v) is 3.96. The summed E-state index contributed by atoms with van der Waals surface area (Å²) in [7, 11) is 1.67. The van der Waals surface area contributed by atoms with Crippen molar-refractivity contribution in [3.05, 3.63) is 45.7 Å². The summed E-state index contributed by atoms with van der Waals surface area (Å²) < 4.78 is 8.45. The molecular weight excluding hydrogens is 332 g/mol. The molecule has 0 bridgehead atoms. The standard InChI is InChI=1S/C15H21BrN4O/c1-4-20-12(7-10(2)19-20)9-14(18-17)13-6-5-11(16)8-15(13)21-3/h5-8,14,18H,4,9,17H2,1-3H3. The first kappa shape index (κ1) is 16.0. The van der Waals surface area contributed by atoms with Gasteiger partial charge in [-0.25, -0.2) is 0 Å². The Morgan fingerprint density at radius 2 is 2.19 bits per heavy atom. The van der Waals surface area contributed by atoms with E-state index < -0.39 is 0 Å². The number of halogens is 1. The summed E-state index contributed by atoms with van der Waals surface area (Å²) in [6.45, 7) is 4.93. The van der Waals surface area contributed by atoms with Crippen molar-refractivity contribution in [1.82, 2.24) is 15.2 Å². The first-order valence-electron chi connectivity index (χ1n) is 6.92. The Hall–Kier alpha value is -1.37. The number of nitrogens with zero attached hydrogens (tertiary/aromatic N) is 2. The molecule has 0 aliphatic carbocycles. The van der Waals surface area contributed by atoms with E-state index in [1.54, 1.807) is 7.11 Å². The molecule has 114 valence electrons. The molecule has 1 unspecified atom stereocenters. The van der Waals surface area contributed by atoms with E-state index in [1.165, 1.54) is 0 Å². The average Bonchev–Trinajstić information content (AvgIpc) is 2.84. The lowest BCUT2D eigenvalue weighted by Gasteiger charge is -2.19. The molecule has 2 aromatic rings. The smallest absolute Gasteiger partial charge is 0.124 e. The van der Waals surface area contributed by atoms with E-state index in [1.807, 2.05) is 29.8 Å². The lowest BCUT2D eigenvalue weighted by molar-refractivity contribution is 0.397. The fourth-order valence-electron chi connectivity index (χ4n) is 2.48. The summed E-state index contributed by atoms with van der Waals surface area (Å²) in [4.78, 5) is 0. The summed E-state index contributed by atoms with van der Waals surface area (Å²) in [5, 5.41) is 4.48. The van der Waals surface area contributed by atoms with E-state index in [0.29, 0.717) is 0 Å². The zero-order valence-electron chi connectivity index (χ0n) is 12.6. The Labute approximate surface area is 133 Å². The molecule has 1 aromatic heterocycles. The van der Waals surface area contributed by atoms with Crippen LogP contribution in [0.4, 0.5) is 0 Å². The summed E-state index contributed by atoms with van der Waals surface area (Å²) in [6, 6.07) is 8.02. The second-order valence-corrected chi connectivity index (χ2v) is 5.82. The predicted octanol–water partition coefficient (Wildman–Crippen LogP) is 2.73. The van der Waals surface area contributed by atoms with Crippen LogP contribution in [0.5, 0.6) is 5.75 Å². The van der Waals surface area contributed by atoms with Crippen molar-refractivity contribution in [3.63, 3.8) is 0 Å². The van der Waals surface area contributed by atoms with E-state index in [9.17, 15) is 0 Å². The monoisotopic (exact) mass is 352 g/mol. The maximum absolute atomic E-state index is 5.77. The lowest BCUT2D eigenvalue weighted by Crippen LogP contribution is -2.30. The number of benzene rings is 1. The van der Waals surface area contributed by atoms with Crippen molar-refractivity contribution in [3.8, 4) is 5.75 Å². The van der Waals surface area contributed by atoms with Gasteiger partial charge in [-0.15, -0.1) is 0 Å². The van der Waals surface area contributed by atoms with Crippen LogP contribution in [0.3, 0.4) is 0 Å². The molecule has 5 nitrogen and oxygen atoms in total. The van der Waals surface area contributed by atoms with E-state index in [4.69, 9.17) is 10.6 Å². The van der Waals surface area contributed by atoms with Gasteiger partial charge in [0.1, 0.15) is 5.75 Å². The largest absolute Gasteiger partial charge is 0.496 e. The maximum atomic E-state index is 5.77. The molecule has 0 saturated heterocycles. The highest BCUT2D eigenvalue weighted by atomic mass is 79.9. The van der Waals surface area contributed by atoms with Crippen LogP contribution in [0.15, 0.2) is 28.7 Å². The molecule has 0 fully saturated rings. The highest BCUT2D eigenvalue weighted by Gasteiger charge is 2.18. The normalized spacial score (nSPS) is 12.4.